The minimum Gasteiger partial charge on any atom is -0.493 e. The molecule has 0 aliphatic heterocycles. The summed E-state index contributed by atoms with van der Waals surface area (Å²) in [5.74, 6) is 1.82. The van der Waals surface area contributed by atoms with Crippen LogP contribution in [-0.2, 0) is 6.42 Å². The maximum atomic E-state index is 12.4. The van der Waals surface area contributed by atoms with E-state index in [1.807, 2.05) is 36.4 Å². The first-order valence-electron chi connectivity index (χ1n) is 8.62. The number of fused-ring (bicyclic) bond motifs is 1. The van der Waals surface area contributed by atoms with E-state index in [1.165, 1.54) is 0 Å². The number of ether oxygens (including phenoxy) is 2. The fraction of sp³-hybridized carbons (Fsp3) is 0.238. The highest BCUT2D eigenvalue weighted by atomic mass is 16.5. The Morgan fingerprint density at radius 2 is 2.08 bits per heavy atom. The summed E-state index contributed by atoms with van der Waals surface area (Å²) in [5, 5.41) is 0.567. The molecule has 1 N–H and O–H groups in total. The highest BCUT2D eigenvalue weighted by Gasteiger charge is 2.15. The van der Waals surface area contributed by atoms with Crippen LogP contribution in [-0.4, -0.2) is 23.7 Å². The van der Waals surface area contributed by atoms with Crippen LogP contribution in [0.5, 0.6) is 11.5 Å². The van der Waals surface area contributed by atoms with Crippen LogP contribution >= 0.6 is 0 Å². The molecule has 0 radical (unpaired) electrons. The number of methoxy groups -OCH3 is 1. The molecule has 0 saturated carbocycles. The van der Waals surface area contributed by atoms with Crippen LogP contribution in [0.25, 0.3) is 22.3 Å². The lowest BCUT2D eigenvalue weighted by atomic mass is 10.0. The van der Waals surface area contributed by atoms with E-state index in [0.29, 0.717) is 41.3 Å². The molecule has 1 heterocycles. The molecule has 0 bridgehead atoms. The number of benzene rings is 2. The lowest BCUT2D eigenvalue weighted by molar-refractivity contribution is 0.292. The van der Waals surface area contributed by atoms with E-state index >= 15 is 0 Å². The van der Waals surface area contributed by atoms with Gasteiger partial charge in [0.15, 0.2) is 11.5 Å². The first kappa shape index (κ1) is 17.7. The molecule has 5 nitrogen and oxygen atoms in total. The predicted molar refractivity (Wildman–Crippen MR) is 104 cm³/mol. The van der Waals surface area contributed by atoms with Gasteiger partial charge in [-0.1, -0.05) is 25.1 Å². The number of allylic oxidation sites excluding steroid dienone is 1. The third-order valence-corrected chi connectivity index (χ3v) is 4.05. The Hall–Kier alpha value is -3.08. The highest BCUT2D eigenvalue weighted by Crippen LogP contribution is 2.36. The zero-order valence-electron chi connectivity index (χ0n) is 15.0. The Labute approximate surface area is 152 Å². The topological polar surface area (TPSA) is 64.2 Å². The molecular weight excluding hydrogens is 328 g/mol. The van der Waals surface area contributed by atoms with Crippen LogP contribution in [0, 0.1) is 0 Å². The second kappa shape index (κ2) is 7.87. The zero-order valence-corrected chi connectivity index (χ0v) is 15.0. The van der Waals surface area contributed by atoms with Crippen LogP contribution in [0.4, 0.5) is 0 Å². The molecule has 0 amide bonds. The van der Waals surface area contributed by atoms with E-state index in [2.05, 4.69) is 23.5 Å². The normalized spacial score (nSPS) is 10.7. The Balaban J connectivity index is 2.17. The van der Waals surface area contributed by atoms with Gasteiger partial charge in [-0.05, 0) is 37.1 Å². The monoisotopic (exact) mass is 350 g/mol. The summed E-state index contributed by atoms with van der Waals surface area (Å²) in [6.45, 7) is 6.48. The van der Waals surface area contributed by atoms with E-state index < -0.39 is 0 Å². The van der Waals surface area contributed by atoms with Crippen LogP contribution in [0.15, 0.2) is 53.8 Å². The number of aromatic nitrogens is 2. The molecule has 0 saturated heterocycles. The molecule has 1 aromatic heterocycles. The van der Waals surface area contributed by atoms with Crippen molar-refractivity contribution >= 4 is 10.9 Å². The summed E-state index contributed by atoms with van der Waals surface area (Å²) in [7, 11) is 1.60. The van der Waals surface area contributed by atoms with Crippen molar-refractivity contribution in [3.8, 4) is 22.9 Å². The Morgan fingerprint density at radius 1 is 1.27 bits per heavy atom. The van der Waals surface area contributed by atoms with Crippen molar-refractivity contribution < 1.29 is 9.47 Å². The van der Waals surface area contributed by atoms with E-state index in [4.69, 9.17) is 9.47 Å². The number of H-pyrrole nitrogens is 1. The van der Waals surface area contributed by atoms with Gasteiger partial charge in [0.05, 0.1) is 24.6 Å². The van der Waals surface area contributed by atoms with Gasteiger partial charge >= 0.3 is 0 Å². The van der Waals surface area contributed by atoms with Crippen LogP contribution in [0.3, 0.4) is 0 Å². The Morgan fingerprint density at radius 3 is 2.81 bits per heavy atom. The summed E-state index contributed by atoms with van der Waals surface area (Å²) < 4.78 is 11.4. The summed E-state index contributed by atoms with van der Waals surface area (Å²) in [6, 6.07) is 11.1. The third kappa shape index (κ3) is 3.47. The summed E-state index contributed by atoms with van der Waals surface area (Å²) in [5.41, 5.74) is 2.20. The average molecular weight is 350 g/mol. The van der Waals surface area contributed by atoms with Crippen LogP contribution in [0.2, 0.25) is 0 Å². The highest BCUT2D eigenvalue weighted by molar-refractivity contribution is 5.79. The largest absolute Gasteiger partial charge is 0.493 e. The number of hydrogen-bond donors (Lipinski definition) is 1. The van der Waals surface area contributed by atoms with Crippen molar-refractivity contribution in [3.63, 3.8) is 0 Å². The van der Waals surface area contributed by atoms with Gasteiger partial charge in [0.2, 0.25) is 0 Å². The van der Waals surface area contributed by atoms with Crippen LogP contribution in [0.1, 0.15) is 18.9 Å². The fourth-order valence-electron chi connectivity index (χ4n) is 2.85. The molecule has 134 valence electrons. The summed E-state index contributed by atoms with van der Waals surface area (Å²) >= 11 is 0. The molecule has 3 aromatic rings. The Bertz CT molecular complexity index is 992. The minimum absolute atomic E-state index is 0.166. The zero-order chi connectivity index (χ0) is 18.5. The SMILES string of the molecule is C=CCc1cc(-c2nc3ccccc3c(=O)[nH]2)cc(OC)c1OCCC. The Kier molecular flexibility index (Phi) is 5.37. The number of hydrogen-bond acceptors (Lipinski definition) is 4. The maximum absolute atomic E-state index is 12.4. The number of aromatic amines is 1. The molecule has 5 heteroatoms. The standard InChI is InChI=1S/C21H22N2O3/c1-4-8-14-12-15(13-18(25-3)19(14)26-11-5-2)20-22-17-10-7-6-9-16(17)21(24)23-20/h4,6-7,9-10,12-13H,1,5,8,11H2,2-3H3,(H,22,23,24). The molecule has 0 unspecified atom stereocenters. The molecular formula is C21H22N2O3. The predicted octanol–water partition coefficient (Wildman–Crippen LogP) is 4.12. The molecule has 0 aliphatic rings. The van der Waals surface area contributed by atoms with Crippen molar-refractivity contribution in [2.24, 2.45) is 0 Å². The van der Waals surface area contributed by atoms with Crippen molar-refractivity contribution in [1.82, 2.24) is 9.97 Å². The lowest BCUT2D eigenvalue weighted by Gasteiger charge is -2.16. The van der Waals surface area contributed by atoms with Crippen molar-refractivity contribution in [2.75, 3.05) is 13.7 Å². The molecule has 0 spiro atoms. The van der Waals surface area contributed by atoms with Gasteiger partial charge in [-0.3, -0.25) is 4.79 Å². The second-order valence-electron chi connectivity index (χ2n) is 5.94. The maximum Gasteiger partial charge on any atom is 0.259 e. The summed E-state index contributed by atoms with van der Waals surface area (Å²) in [4.78, 5) is 19.8. The van der Waals surface area contributed by atoms with Gasteiger partial charge in [-0.25, -0.2) is 4.98 Å². The minimum atomic E-state index is -0.166. The molecule has 0 atom stereocenters. The van der Waals surface area contributed by atoms with E-state index in [1.54, 1.807) is 13.2 Å². The third-order valence-electron chi connectivity index (χ3n) is 4.05. The van der Waals surface area contributed by atoms with Gasteiger partial charge in [0, 0.05) is 11.1 Å². The first-order chi connectivity index (χ1) is 12.7. The average Bonchev–Trinajstić information content (AvgIpc) is 2.66. The quantitative estimate of drug-likeness (QED) is 0.651. The number of para-hydroxylation sites is 1. The number of nitrogens with one attached hydrogen (secondary N) is 1. The number of nitrogens with zero attached hydrogens (tertiary/aromatic N) is 1. The molecule has 3 rings (SSSR count). The molecule has 0 aliphatic carbocycles. The van der Waals surface area contributed by atoms with Gasteiger partial charge in [-0.15, -0.1) is 6.58 Å². The smallest absolute Gasteiger partial charge is 0.259 e. The van der Waals surface area contributed by atoms with Gasteiger partial charge in [0.1, 0.15) is 5.82 Å². The van der Waals surface area contributed by atoms with E-state index in [-0.39, 0.29) is 5.56 Å². The van der Waals surface area contributed by atoms with Gasteiger partial charge in [-0.2, -0.15) is 0 Å². The van der Waals surface area contributed by atoms with Crippen molar-refractivity contribution in [1.29, 1.82) is 0 Å². The first-order valence-corrected chi connectivity index (χ1v) is 8.62. The summed E-state index contributed by atoms with van der Waals surface area (Å²) in [6.07, 6.45) is 3.34. The lowest BCUT2D eigenvalue weighted by Crippen LogP contribution is -2.10. The van der Waals surface area contributed by atoms with Crippen LogP contribution < -0.4 is 15.0 Å². The molecule has 26 heavy (non-hydrogen) atoms. The number of rotatable bonds is 7. The second-order valence-corrected chi connectivity index (χ2v) is 5.94. The van der Waals surface area contributed by atoms with Crippen molar-refractivity contribution in [2.45, 2.75) is 19.8 Å². The van der Waals surface area contributed by atoms with Gasteiger partial charge < -0.3 is 14.5 Å². The molecule has 2 aromatic carbocycles. The van der Waals surface area contributed by atoms with Crippen molar-refractivity contribution in [3.05, 3.63) is 65.0 Å². The molecule has 0 fully saturated rings. The van der Waals surface area contributed by atoms with E-state index in [0.717, 1.165) is 17.5 Å². The fourth-order valence-corrected chi connectivity index (χ4v) is 2.85. The van der Waals surface area contributed by atoms with Gasteiger partial charge in [0.25, 0.3) is 5.56 Å². The van der Waals surface area contributed by atoms with E-state index in [9.17, 15) is 4.79 Å².